The van der Waals surface area contributed by atoms with Crippen molar-refractivity contribution in [1.82, 2.24) is 5.32 Å². The van der Waals surface area contributed by atoms with Crippen LogP contribution >= 0.6 is 0 Å². The fourth-order valence-electron chi connectivity index (χ4n) is 3.72. The second kappa shape index (κ2) is 10.8. The predicted molar refractivity (Wildman–Crippen MR) is 129 cm³/mol. The highest BCUT2D eigenvalue weighted by Gasteiger charge is 2.24. The Morgan fingerprint density at radius 1 is 0.848 bits per heavy atom. The van der Waals surface area contributed by atoms with E-state index in [1.807, 2.05) is 106 Å². The van der Waals surface area contributed by atoms with Gasteiger partial charge in [-0.05, 0) is 49.6 Å². The zero-order chi connectivity index (χ0) is 23.8. The Bertz CT molecular complexity index is 1000. The molecule has 172 valence electrons. The van der Waals surface area contributed by atoms with Crippen molar-refractivity contribution in [1.29, 1.82) is 0 Å². The maximum absolute atomic E-state index is 12.9. The van der Waals surface area contributed by atoms with Gasteiger partial charge in [0, 0.05) is 18.8 Å². The quantitative estimate of drug-likeness (QED) is 0.475. The first-order valence-electron chi connectivity index (χ1n) is 11.1. The molecule has 3 aromatic carbocycles. The van der Waals surface area contributed by atoms with Crippen LogP contribution in [0.15, 0.2) is 84.9 Å². The molecule has 3 aromatic rings. The van der Waals surface area contributed by atoms with Crippen LogP contribution in [0.4, 0.5) is 0 Å². The average molecular weight is 446 g/mol. The average Bonchev–Trinajstić information content (AvgIpc) is 2.78. The Morgan fingerprint density at radius 2 is 1.36 bits per heavy atom. The van der Waals surface area contributed by atoms with Crippen molar-refractivity contribution in [3.63, 3.8) is 0 Å². The molecule has 0 aliphatic carbocycles. The molecule has 1 atom stereocenters. The monoisotopic (exact) mass is 445 g/mol. The van der Waals surface area contributed by atoms with Gasteiger partial charge in [0.1, 0.15) is 17.4 Å². The smallest absolute Gasteiger partial charge is 0.326 e. The third kappa shape index (κ3) is 7.49. The van der Waals surface area contributed by atoms with Gasteiger partial charge in [-0.3, -0.25) is 4.79 Å². The number of amides is 1. The lowest BCUT2D eigenvalue weighted by atomic mass is 9.88. The lowest BCUT2D eigenvalue weighted by Gasteiger charge is -2.22. The summed E-state index contributed by atoms with van der Waals surface area (Å²) in [5.41, 5.74) is 2.53. The molecule has 0 unspecified atom stereocenters. The maximum atomic E-state index is 12.9. The van der Waals surface area contributed by atoms with Crippen LogP contribution in [0.1, 0.15) is 49.8 Å². The predicted octanol–water partition coefficient (Wildman–Crippen LogP) is 5.20. The number of carboxylic acid groups (broad SMARTS) is 1. The normalized spacial score (nSPS) is 12.2. The summed E-state index contributed by atoms with van der Waals surface area (Å²) < 4.78 is 5.82. The fraction of sp³-hybridized carbons (Fsp3) is 0.286. The lowest BCUT2D eigenvalue weighted by molar-refractivity contribution is -0.141. The molecule has 0 heterocycles. The van der Waals surface area contributed by atoms with Gasteiger partial charge in [-0.15, -0.1) is 0 Å². The number of benzene rings is 3. The van der Waals surface area contributed by atoms with Crippen LogP contribution < -0.4 is 10.1 Å². The van der Waals surface area contributed by atoms with Crippen LogP contribution in [0, 0.1) is 0 Å². The Morgan fingerprint density at radius 3 is 1.82 bits per heavy atom. The molecule has 0 saturated heterocycles. The van der Waals surface area contributed by atoms with Gasteiger partial charge < -0.3 is 15.2 Å². The Labute approximate surface area is 195 Å². The highest BCUT2D eigenvalue weighted by Crippen LogP contribution is 2.28. The minimum absolute atomic E-state index is 0.157. The highest BCUT2D eigenvalue weighted by atomic mass is 16.5. The highest BCUT2D eigenvalue weighted by molar-refractivity contribution is 5.84. The molecule has 0 spiro atoms. The molecule has 1 amide bonds. The van der Waals surface area contributed by atoms with Gasteiger partial charge in [-0.25, -0.2) is 4.79 Å². The Kier molecular flexibility index (Phi) is 7.88. The van der Waals surface area contributed by atoms with Gasteiger partial charge in [0.25, 0.3) is 0 Å². The van der Waals surface area contributed by atoms with Gasteiger partial charge in [-0.1, -0.05) is 72.8 Å². The molecule has 3 rings (SSSR count). The molecular weight excluding hydrogens is 414 g/mol. The third-order valence-electron chi connectivity index (χ3n) is 5.21. The minimum atomic E-state index is -1.06. The van der Waals surface area contributed by atoms with Gasteiger partial charge >= 0.3 is 5.97 Å². The van der Waals surface area contributed by atoms with Crippen LogP contribution in [0.2, 0.25) is 0 Å². The number of ether oxygens (including phenoxy) is 1. The first-order valence-corrected chi connectivity index (χ1v) is 11.1. The molecule has 5 nitrogen and oxygen atoms in total. The van der Waals surface area contributed by atoms with Crippen LogP contribution in [0.25, 0.3) is 0 Å². The van der Waals surface area contributed by atoms with E-state index in [-0.39, 0.29) is 30.3 Å². The fourth-order valence-corrected chi connectivity index (χ4v) is 3.72. The van der Waals surface area contributed by atoms with E-state index >= 15 is 0 Å². The molecule has 0 aromatic heterocycles. The summed E-state index contributed by atoms with van der Waals surface area (Å²) in [4.78, 5) is 24.8. The van der Waals surface area contributed by atoms with Crippen LogP contribution in [0.5, 0.6) is 5.75 Å². The number of nitrogens with one attached hydrogen (secondary N) is 1. The largest absolute Gasteiger partial charge is 0.488 e. The summed E-state index contributed by atoms with van der Waals surface area (Å²) in [5.74, 6) is -0.798. The minimum Gasteiger partial charge on any atom is -0.488 e. The molecule has 0 radical (unpaired) electrons. The van der Waals surface area contributed by atoms with E-state index < -0.39 is 12.0 Å². The van der Waals surface area contributed by atoms with E-state index in [1.54, 1.807) is 0 Å². The summed E-state index contributed by atoms with van der Waals surface area (Å²) >= 11 is 0. The van der Waals surface area contributed by atoms with E-state index in [9.17, 15) is 14.7 Å². The second-order valence-corrected chi connectivity index (χ2v) is 9.10. The van der Waals surface area contributed by atoms with Gasteiger partial charge in [0.15, 0.2) is 0 Å². The van der Waals surface area contributed by atoms with E-state index in [0.29, 0.717) is 0 Å². The number of carboxylic acids is 1. The molecule has 33 heavy (non-hydrogen) atoms. The first-order chi connectivity index (χ1) is 15.7. The van der Waals surface area contributed by atoms with Crippen molar-refractivity contribution in [2.75, 3.05) is 0 Å². The summed E-state index contributed by atoms with van der Waals surface area (Å²) in [7, 11) is 0. The summed E-state index contributed by atoms with van der Waals surface area (Å²) in [6.45, 7) is 5.90. The summed E-state index contributed by atoms with van der Waals surface area (Å²) in [5, 5.41) is 12.4. The number of rotatable bonds is 9. The van der Waals surface area contributed by atoms with Crippen molar-refractivity contribution < 1.29 is 19.4 Å². The zero-order valence-corrected chi connectivity index (χ0v) is 19.3. The number of hydrogen-bond acceptors (Lipinski definition) is 3. The zero-order valence-electron chi connectivity index (χ0n) is 19.3. The van der Waals surface area contributed by atoms with Crippen molar-refractivity contribution in [2.45, 2.75) is 51.2 Å². The molecule has 0 aliphatic rings. The third-order valence-corrected chi connectivity index (χ3v) is 5.21. The van der Waals surface area contributed by atoms with Crippen LogP contribution in [0.3, 0.4) is 0 Å². The topological polar surface area (TPSA) is 75.6 Å². The molecule has 0 bridgehead atoms. The lowest BCUT2D eigenvalue weighted by Crippen LogP contribution is -2.42. The van der Waals surface area contributed by atoms with Crippen LogP contribution in [-0.2, 0) is 16.0 Å². The molecule has 0 aliphatic heterocycles. The van der Waals surface area contributed by atoms with Gasteiger partial charge in [0.05, 0.1) is 0 Å². The van der Waals surface area contributed by atoms with E-state index in [1.165, 1.54) is 0 Å². The molecular formula is C28H31NO4. The summed E-state index contributed by atoms with van der Waals surface area (Å²) in [6, 6.07) is 25.9. The second-order valence-electron chi connectivity index (χ2n) is 9.10. The van der Waals surface area contributed by atoms with Crippen molar-refractivity contribution in [2.24, 2.45) is 0 Å². The van der Waals surface area contributed by atoms with E-state index in [4.69, 9.17) is 4.74 Å². The molecule has 0 saturated carbocycles. The molecule has 5 heteroatoms. The van der Waals surface area contributed by atoms with E-state index in [2.05, 4.69) is 5.32 Å². The Hall–Kier alpha value is -3.60. The van der Waals surface area contributed by atoms with Gasteiger partial charge in [-0.2, -0.15) is 0 Å². The standard InChI is InChI=1S/C28H31NO4/c1-28(2,3)33-23-16-14-20(15-17-23)18-25(27(31)32)29-26(30)19-24(21-10-6-4-7-11-21)22-12-8-5-9-13-22/h4-17,24-25H,18-19H2,1-3H3,(H,29,30)(H,31,32)/t25-/m0/s1. The first kappa shape index (κ1) is 24.1. The number of carbonyl (C=O) groups excluding carboxylic acids is 1. The van der Waals surface area contributed by atoms with Crippen molar-refractivity contribution in [3.8, 4) is 5.75 Å². The van der Waals surface area contributed by atoms with Gasteiger partial charge in [0.2, 0.25) is 5.91 Å². The number of hydrogen-bond donors (Lipinski definition) is 2. The SMILES string of the molecule is CC(C)(C)Oc1ccc(C[C@H](NC(=O)CC(c2ccccc2)c2ccccc2)C(=O)O)cc1. The molecule has 2 N–H and O–H groups in total. The summed E-state index contributed by atoms with van der Waals surface area (Å²) in [6.07, 6.45) is 0.356. The van der Waals surface area contributed by atoms with Crippen molar-refractivity contribution in [3.05, 3.63) is 102 Å². The van der Waals surface area contributed by atoms with E-state index in [0.717, 1.165) is 22.4 Å². The Balaban J connectivity index is 1.69. The molecule has 0 fully saturated rings. The number of carbonyl (C=O) groups is 2. The maximum Gasteiger partial charge on any atom is 0.326 e. The van der Waals surface area contributed by atoms with Crippen LogP contribution in [-0.4, -0.2) is 28.6 Å². The van der Waals surface area contributed by atoms with Crippen molar-refractivity contribution >= 4 is 11.9 Å². The number of aliphatic carboxylic acids is 1.